The number of guanidine groups is 1. The van der Waals surface area contributed by atoms with Crippen LogP contribution in [0.15, 0.2) is 41.4 Å². The Bertz CT molecular complexity index is 765. The second kappa shape index (κ2) is 12.1. The first-order valence-electron chi connectivity index (χ1n) is 8.26. The third kappa shape index (κ3) is 7.59. The number of amides is 1. The van der Waals surface area contributed by atoms with Gasteiger partial charge < -0.3 is 20.5 Å². The number of halogens is 3. The van der Waals surface area contributed by atoms with Gasteiger partial charge in [0.1, 0.15) is 5.15 Å². The molecule has 0 aliphatic rings. The van der Waals surface area contributed by atoms with Crippen molar-refractivity contribution in [2.45, 2.75) is 19.5 Å². The standard InChI is InChI=1S/C18H23Cl2N5O.HI/c1-21-18(24-12-14-10-15(19)17(20)25(14)2)22-9-8-16(26)23-11-13-6-4-3-5-7-13;/h3-7,10H,8-9,11-12H2,1-2H3,(H,23,26)(H2,21,22,24);1H. The third-order valence-electron chi connectivity index (χ3n) is 3.85. The lowest BCUT2D eigenvalue weighted by molar-refractivity contribution is -0.121. The lowest BCUT2D eigenvalue weighted by atomic mass is 10.2. The van der Waals surface area contributed by atoms with Crippen molar-refractivity contribution in [2.75, 3.05) is 13.6 Å². The van der Waals surface area contributed by atoms with Crippen LogP contribution >= 0.6 is 47.2 Å². The Morgan fingerprint density at radius 2 is 1.81 bits per heavy atom. The van der Waals surface area contributed by atoms with E-state index in [2.05, 4.69) is 20.9 Å². The topological polar surface area (TPSA) is 70.4 Å². The summed E-state index contributed by atoms with van der Waals surface area (Å²) in [6.07, 6.45) is 0.356. The van der Waals surface area contributed by atoms with E-state index < -0.39 is 0 Å². The number of aliphatic imine (C=N–C) groups is 1. The van der Waals surface area contributed by atoms with Gasteiger partial charge in [0, 0.05) is 39.3 Å². The van der Waals surface area contributed by atoms with E-state index in [1.807, 2.05) is 37.4 Å². The fraction of sp³-hybridized carbons (Fsp3) is 0.333. The van der Waals surface area contributed by atoms with E-state index in [0.717, 1.165) is 11.3 Å². The van der Waals surface area contributed by atoms with Crippen molar-refractivity contribution in [1.82, 2.24) is 20.5 Å². The van der Waals surface area contributed by atoms with Gasteiger partial charge >= 0.3 is 0 Å². The van der Waals surface area contributed by atoms with Crippen molar-refractivity contribution < 1.29 is 4.79 Å². The SMILES string of the molecule is CN=C(NCCC(=O)NCc1ccccc1)NCc1cc(Cl)c(Cl)n1C.I. The molecule has 0 atom stereocenters. The van der Waals surface area contributed by atoms with Gasteiger partial charge in [-0.15, -0.1) is 24.0 Å². The van der Waals surface area contributed by atoms with Crippen molar-refractivity contribution >= 4 is 59.0 Å². The van der Waals surface area contributed by atoms with Crippen molar-refractivity contribution in [3.63, 3.8) is 0 Å². The van der Waals surface area contributed by atoms with E-state index in [-0.39, 0.29) is 29.9 Å². The molecule has 0 fully saturated rings. The van der Waals surface area contributed by atoms with Crippen LogP contribution in [0.2, 0.25) is 10.2 Å². The minimum Gasteiger partial charge on any atom is -0.356 e. The molecule has 27 heavy (non-hydrogen) atoms. The van der Waals surface area contributed by atoms with Gasteiger partial charge in [-0.05, 0) is 11.6 Å². The molecule has 1 aromatic heterocycles. The van der Waals surface area contributed by atoms with Crippen molar-refractivity contribution in [1.29, 1.82) is 0 Å². The number of rotatable bonds is 7. The summed E-state index contributed by atoms with van der Waals surface area (Å²) in [5, 5.41) is 10.2. The lowest BCUT2D eigenvalue weighted by Gasteiger charge is -2.12. The summed E-state index contributed by atoms with van der Waals surface area (Å²) in [6.45, 7) is 1.53. The minimum absolute atomic E-state index is 0. The number of carbonyl (C=O) groups excluding carboxylic acids is 1. The van der Waals surface area contributed by atoms with Gasteiger partial charge in [0.25, 0.3) is 0 Å². The van der Waals surface area contributed by atoms with Crippen LogP contribution in [0.4, 0.5) is 0 Å². The molecule has 0 saturated carbocycles. The zero-order valence-electron chi connectivity index (χ0n) is 15.3. The van der Waals surface area contributed by atoms with E-state index in [9.17, 15) is 4.79 Å². The second-order valence-corrected chi connectivity index (χ2v) is 6.46. The van der Waals surface area contributed by atoms with Crippen LogP contribution in [0.25, 0.3) is 0 Å². The first-order chi connectivity index (χ1) is 12.5. The predicted octanol–water partition coefficient (Wildman–Crippen LogP) is 3.32. The molecule has 1 aromatic carbocycles. The average Bonchev–Trinajstić information content (AvgIpc) is 2.90. The third-order valence-corrected chi connectivity index (χ3v) is 4.70. The summed E-state index contributed by atoms with van der Waals surface area (Å²) in [7, 11) is 3.52. The van der Waals surface area contributed by atoms with E-state index >= 15 is 0 Å². The van der Waals surface area contributed by atoms with E-state index in [1.54, 1.807) is 17.7 Å². The van der Waals surface area contributed by atoms with Crippen LogP contribution in [0.1, 0.15) is 17.7 Å². The molecule has 0 saturated heterocycles. The minimum atomic E-state index is -0.0159. The van der Waals surface area contributed by atoms with Gasteiger partial charge in [-0.2, -0.15) is 0 Å². The molecule has 0 unspecified atom stereocenters. The molecule has 0 bridgehead atoms. The molecule has 1 heterocycles. The Morgan fingerprint density at radius 3 is 2.41 bits per heavy atom. The first-order valence-corrected chi connectivity index (χ1v) is 9.01. The highest BCUT2D eigenvalue weighted by Gasteiger charge is 2.09. The Hall–Kier alpha value is -1.45. The largest absolute Gasteiger partial charge is 0.356 e. The van der Waals surface area contributed by atoms with Crippen molar-refractivity contribution in [3.8, 4) is 0 Å². The van der Waals surface area contributed by atoms with E-state index in [0.29, 0.717) is 42.2 Å². The molecule has 3 N–H and O–H groups in total. The summed E-state index contributed by atoms with van der Waals surface area (Å²) in [5.41, 5.74) is 2.01. The van der Waals surface area contributed by atoms with Gasteiger partial charge in [0.2, 0.25) is 5.91 Å². The van der Waals surface area contributed by atoms with Crippen LogP contribution in [-0.2, 0) is 24.9 Å². The van der Waals surface area contributed by atoms with Gasteiger partial charge in [-0.1, -0.05) is 53.5 Å². The van der Waals surface area contributed by atoms with Crippen LogP contribution in [0.5, 0.6) is 0 Å². The highest BCUT2D eigenvalue weighted by molar-refractivity contribution is 14.0. The Kier molecular flexibility index (Phi) is 10.6. The van der Waals surface area contributed by atoms with Crippen LogP contribution in [0, 0.1) is 0 Å². The van der Waals surface area contributed by atoms with Gasteiger partial charge in [0.15, 0.2) is 5.96 Å². The summed E-state index contributed by atoms with van der Waals surface area (Å²) in [4.78, 5) is 16.0. The zero-order chi connectivity index (χ0) is 18.9. The van der Waals surface area contributed by atoms with Gasteiger partial charge in [-0.25, -0.2) is 0 Å². The molecule has 2 aromatic rings. The molecule has 0 spiro atoms. The van der Waals surface area contributed by atoms with Crippen molar-refractivity contribution in [2.24, 2.45) is 12.0 Å². The number of nitrogens with one attached hydrogen (secondary N) is 3. The van der Waals surface area contributed by atoms with E-state index in [1.165, 1.54) is 0 Å². The molecule has 6 nitrogen and oxygen atoms in total. The maximum atomic E-state index is 11.9. The molecule has 0 aliphatic carbocycles. The molecule has 2 rings (SSSR count). The predicted molar refractivity (Wildman–Crippen MR) is 122 cm³/mol. The molecule has 148 valence electrons. The number of benzene rings is 1. The summed E-state index contributed by atoms with van der Waals surface area (Å²) in [6, 6.07) is 11.6. The molecule has 0 radical (unpaired) electrons. The maximum Gasteiger partial charge on any atom is 0.222 e. The monoisotopic (exact) mass is 523 g/mol. The number of hydrogen-bond acceptors (Lipinski definition) is 2. The lowest BCUT2D eigenvalue weighted by Crippen LogP contribution is -2.39. The number of nitrogens with zero attached hydrogens (tertiary/aromatic N) is 2. The fourth-order valence-electron chi connectivity index (χ4n) is 2.33. The summed E-state index contributed by atoms with van der Waals surface area (Å²) < 4.78 is 1.81. The summed E-state index contributed by atoms with van der Waals surface area (Å²) in [5.74, 6) is 0.590. The molecular weight excluding hydrogens is 500 g/mol. The van der Waals surface area contributed by atoms with Crippen LogP contribution in [-0.4, -0.2) is 30.0 Å². The zero-order valence-corrected chi connectivity index (χ0v) is 19.1. The molecule has 1 amide bonds. The fourth-order valence-corrected chi connectivity index (χ4v) is 2.75. The number of carbonyl (C=O) groups is 1. The number of aromatic nitrogens is 1. The summed E-state index contributed by atoms with van der Waals surface area (Å²) >= 11 is 12.1. The van der Waals surface area contributed by atoms with Crippen molar-refractivity contribution in [3.05, 3.63) is 57.8 Å². The number of hydrogen-bond donors (Lipinski definition) is 3. The maximum absolute atomic E-state index is 11.9. The second-order valence-electron chi connectivity index (χ2n) is 5.70. The smallest absolute Gasteiger partial charge is 0.222 e. The molecular formula is C18H24Cl2IN5O. The van der Waals surface area contributed by atoms with Crippen LogP contribution in [0.3, 0.4) is 0 Å². The molecule has 0 aliphatic heterocycles. The van der Waals surface area contributed by atoms with Gasteiger partial charge in [0.05, 0.1) is 11.6 Å². The normalized spacial score (nSPS) is 10.9. The van der Waals surface area contributed by atoms with E-state index in [4.69, 9.17) is 23.2 Å². The highest BCUT2D eigenvalue weighted by atomic mass is 127. The molecule has 9 heteroatoms. The Morgan fingerprint density at radius 1 is 1.11 bits per heavy atom. The quantitative estimate of drug-likeness (QED) is 0.296. The Labute approximate surface area is 186 Å². The van der Waals surface area contributed by atoms with Crippen LogP contribution < -0.4 is 16.0 Å². The first kappa shape index (κ1) is 23.6. The Balaban J connectivity index is 0.00000364. The van der Waals surface area contributed by atoms with Gasteiger partial charge in [-0.3, -0.25) is 9.79 Å². The highest BCUT2D eigenvalue weighted by Crippen LogP contribution is 2.24. The average molecular weight is 524 g/mol.